The third kappa shape index (κ3) is 3.17. The Hall–Kier alpha value is -1.89. The van der Waals surface area contributed by atoms with Crippen LogP contribution in [0.1, 0.15) is 34.6 Å². The Bertz CT molecular complexity index is 799. The van der Waals surface area contributed by atoms with Crippen molar-refractivity contribution in [2.45, 2.75) is 18.8 Å². The van der Waals surface area contributed by atoms with Gasteiger partial charge in [0, 0.05) is 5.92 Å². The molecule has 124 valence electrons. The van der Waals surface area contributed by atoms with E-state index in [9.17, 15) is 5.26 Å². The van der Waals surface area contributed by atoms with Gasteiger partial charge in [0.1, 0.15) is 18.4 Å². The highest BCUT2D eigenvalue weighted by atomic mass is 35.5. The van der Waals surface area contributed by atoms with E-state index in [0.29, 0.717) is 28.8 Å². The van der Waals surface area contributed by atoms with Crippen molar-refractivity contribution in [2.75, 3.05) is 19.6 Å². The fraction of sp³-hybridized carbons (Fsp3) is 0.316. The molecule has 1 atom stereocenters. The minimum absolute atomic E-state index is 0.234. The lowest BCUT2D eigenvalue weighted by molar-refractivity contribution is 0.342. The summed E-state index contributed by atoms with van der Waals surface area (Å²) >= 11 is 12.0. The van der Waals surface area contributed by atoms with Crippen LogP contribution >= 0.6 is 23.2 Å². The molecule has 0 amide bonds. The molecule has 0 fully saturated rings. The second-order valence-electron chi connectivity index (χ2n) is 5.68. The number of hydrogen-bond acceptors (Lipinski definition) is 3. The molecular weight excluding hydrogens is 345 g/mol. The van der Waals surface area contributed by atoms with E-state index in [4.69, 9.17) is 32.7 Å². The topological polar surface area (TPSA) is 42.2 Å². The smallest absolute Gasteiger partial charge is 0.155 e. The van der Waals surface area contributed by atoms with Gasteiger partial charge in [-0.2, -0.15) is 5.26 Å². The zero-order chi connectivity index (χ0) is 17.1. The summed E-state index contributed by atoms with van der Waals surface area (Å²) < 4.78 is 10.8. The van der Waals surface area contributed by atoms with Gasteiger partial charge in [-0.1, -0.05) is 17.7 Å². The summed E-state index contributed by atoms with van der Waals surface area (Å²) in [6.45, 7) is 0.321. The lowest BCUT2D eigenvalue weighted by Crippen LogP contribution is -2.03. The van der Waals surface area contributed by atoms with Crippen LogP contribution in [0.15, 0.2) is 30.3 Å². The monoisotopic (exact) mass is 361 g/mol. The molecule has 24 heavy (non-hydrogen) atoms. The number of alkyl halides is 1. The van der Waals surface area contributed by atoms with Crippen LogP contribution in [0.2, 0.25) is 5.02 Å². The average Bonchev–Trinajstić information content (AvgIpc) is 3.03. The third-order valence-corrected chi connectivity index (χ3v) is 4.78. The number of aryl methyl sites for hydroxylation is 1. The van der Waals surface area contributed by atoms with Gasteiger partial charge in [0.05, 0.1) is 23.6 Å². The lowest BCUT2D eigenvalue weighted by atomic mass is 9.91. The molecule has 0 bridgehead atoms. The maximum Gasteiger partial charge on any atom is 0.155 e. The number of rotatable bonds is 5. The van der Waals surface area contributed by atoms with Crippen molar-refractivity contribution >= 4 is 23.2 Å². The van der Waals surface area contributed by atoms with E-state index in [0.717, 1.165) is 24.2 Å². The third-order valence-electron chi connectivity index (χ3n) is 4.34. The molecule has 0 radical (unpaired) electrons. The summed E-state index contributed by atoms with van der Waals surface area (Å²) in [6.07, 6.45) is 1.98. The molecule has 2 aromatic carbocycles. The minimum Gasteiger partial charge on any atom is -0.497 e. The molecule has 0 saturated carbocycles. The quantitative estimate of drug-likeness (QED) is 0.710. The number of fused-ring (bicyclic) bond motifs is 1. The van der Waals surface area contributed by atoms with Crippen LogP contribution in [0.5, 0.6) is 11.5 Å². The summed E-state index contributed by atoms with van der Waals surface area (Å²) in [5, 5.41) is 9.89. The highest BCUT2D eigenvalue weighted by molar-refractivity contribution is 6.32. The zero-order valence-corrected chi connectivity index (χ0v) is 14.8. The lowest BCUT2D eigenvalue weighted by Gasteiger charge is -2.16. The average molecular weight is 362 g/mol. The van der Waals surface area contributed by atoms with Gasteiger partial charge < -0.3 is 9.47 Å². The molecule has 1 aliphatic carbocycles. The molecule has 0 spiro atoms. The van der Waals surface area contributed by atoms with Gasteiger partial charge in [-0.15, -0.1) is 11.6 Å². The molecule has 0 aliphatic heterocycles. The van der Waals surface area contributed by atoms with Crippen molar-refractivity contribution in [3.05, 3.63) is 57.6 Å². The Kier molecular flexibility index (Phi) is 5.18. The molecule has 0 aromatic heterocycles. The highest BCUT2D eigenvalue weighted by Crippen LogP contribution is 2.42. The predicted molar refractivity (Wildman–Crippen MR) is 95.5 cm³/mol. The number of halogens is 2. The fourth-order valence-corrected chi connectivity index (χ4v) is 3.61. The molecule has 1 unspecified atom stereocenters. The minimum atomic E-state index is 0.234. The van der Waals surface area contributed by atoms with Gasteiger partial charge >= 0.3 is 0 Å². The molecule has 2 aromatic rings. The first kappa shape index (κ1) is 17.0. The number of ether oxygens (including phenoxy) is 2. The van der Waals surface area contributed by atoms with E-state index in [1.54, 1.807) is 7.11 Å². The molecule has 0 saturated heterocycles. The largest absolute Gasteiger partial charge is 0.497 e. The highest BCUT2D eigenvalue weighted by Gasteiger charge is 2.26. The molecular formula is C19H17Cl2NO2. The number of hydrogen-bond donors (Lipinski definition) is 0. The van der Waals surface area contributed by atoms with Crippen LogP contribution in [0.4, 0.5) is 0 Å². The first-order valence-corrected chi connectivity index (χ1v) is 8.68. The van der Waals surface area contributed by atoms with Gasteiger partial charge in [0.2, 0.25) is 0 Å². The first-order chi connectivity index (χ1) is 11.7. The summed E-state index contributed by atoms with van der Waals surface area (Å²) in [4.78, 5) is 0. The van der Waals surface area contributed by atoms with Gasteiger partial charge in [0.25, 0.3) is 0 Å². The van der Waals surface area contributed by atoms with E-state index in [-0.39, 0.29) is 5.92 Å². The Morgan fingerprint density at radius 3 is 2.83 bits per heavy atom. The van der Waals surface area contributed by atoms with Crippen LogP contribution in [0, 0.1) is 11.3 Å². The summed E-state index contributed by atoms with van der Waals surface area (Å²) in [7, 11) is 1.67. The Labute approximate surface area is 151 Å². The van der Waals surface area contributed by atoms with Crippen molar-refractivity contribution in [3.8, 4) is 17.6 Å². The van der Waals surface area contributed by atoms with E-state index in [1.807, 2.05) is 18.2 Å². The van der Waals surface area contributed by atoms with Crippen molar-refractivity contribution in [3.63, 3.8) is 0 Å². The van der Waals surface area contributed by atoms with Gasteiger partial charge in [-0.25, -0.2) is 0 Å². The van der Waals surface area contributed by atoms with Gasteiger partial charge in [-0.05, 0) is 53.8 Å². The van der Waals surface area contributed by atoms with Crippen molar-refractivity contribution in [2.24, 2.45) is 0 Å². The standard InChI is InChI=1S/C19H17Cl2NO2/c1-23-15-3-5-16-12(9-15)2-4-17(16)13-8-14(11-22)19(18(21)10-13)24-7-6-20/h3,5,8-10,17H,2,4,6-7H2,1H3. The predicted octanol–water partition coefficient (Wildman–Crippen LogP) is 4.92. The number of nitrogens with zero attached hydrogens (tertiary/aromatic N) is 1. The number of nitriles is 1. The summed E-state index contributed by atoms with van der Waals surface area (Å²) in [5.41, 5.74) is 4.05. The van der Waals surface area contributed by atoms with Crippen LogP contribution in [0.25, 0.3) is 0 Å². The maximum atomic E-state index is 9.43. The molecule has 3 nitrogen and oxygen atoms in total. The number of methoxy groups -OCH3 is 1. The van der Waals surface area contributed by atoms with E-state index >= 15 is 0 Å². The van der Waals surface area contributed by atoms with E-state index in [2.05, 4.69) is 18.2 Å². The normalized spacial score (nSPS) is 15.7. The number of benzene rings is 2. The maximum absolute atomic E-state index is 9.43. The molecule has 5 heteroatoms. The second-order valence-corrected chi connectivity index (χ2v) is 6.47. The molecule has 0 N–H and O–H groups in total. The van der Waals surface area contributed by atoms with Crippen LogP contribution in [-0.2, 0) is 6.42 Å². The van der Waals surface area contributed by atoms with Crippen molar-refractivity contribution < 1.29 is 9.47 Å². The molecule has 0 heterocycles. The Balaban J connectivity index is 1.98. The summed E-state index contributed by atoms with van der Waals surface area (Å²) in [6, 6.07) is 12.1. The second kappa shape index (κ2) is 7.34. The van der Waals surface area contributed by atoms with Gasteiger partial charge in [0.15, 0.2) is 5.75 Å². The zero-order valence-electron chi connectivity index (χ0n) is 13.3. The summed E-state index contributed by atoms with van der Waals surface area (Å²) in [5.74, 6) is 1.87. The van der Waals surface area contributed by atoms with E-state index in [1.165, 1.54) is 11.1 Å². The first-order valence-electron chi connectivity index (χ1n) is 7.77. The van der Waals surface area contributed by atoms with Crippen molar-refractivity contribution in [1.82, 2.24) is 0 Å². The molecule has 3 rings (SSSR count). The van der Waals surface area contributed by atoms with Crippen LogP contribution in [0.3, 0.4) is 0 Å². The Morgan fingerprint density at radius 2 is 2.12 bits per heavy atom. The van der Waals surface area contributed by atoms with Crippen LogP contribution < -0.4 is 9.47 Å². The Morgan fingerprint density at radius 1 is 1.29 bits per heavy atom. The van der Waals surface area contributed by atoms with Crippen LogP contribution in [-0.4, -0.2) is 19.6 Å². The SMILES string of the molecule is COc1ccc2c(c1)CCC2c1cc(Cl)c(OCCCl)c(C#N)c1. The van der Waals surface area contributed by atoms with Gasteiger partial charge in [-0.3, -0.25) is 0 Å². The van der Waals surface area contributed by atoms with Crippen molar-refractivity contribution in [1.29, 1.82) is 5.26 Å². The molecule has 1 aliphatic rings. The van der Waals surface area contributed by atoms with E-state index < -0.39 is 0 Å². The fourth-order valence-electron chi connectivity index (χ4n) is 3.25.